The highest BCUT2D eigenvalue weighted by molar-refractivity contribution is 6.09. The summed E-state index contributed by atoms with van der Waals surface area (Å²) in [5.74, 6) is -0.581. The first-order valence-corrected chi connectivity index (χ1v) is 7.26. The Bertz CT molecular complexity index is 848. The molecule has 2 aromatic carbocycles. The normalized spacial score (nSPS) is 10.6. The van der Waals surface area contributed by atoms with Crippen molar-refractivity contribution in [2.45, 2.75) is 13.8 Å². The second kappa shape index (κ2) is 7.75. The molecule has 5 nitrogen and oxygen atoms in total. The first-order valence-electron chi connectivity index (χ1n) is 7.26. The molecule has 0 heterocycles. The molecule has 0 bridgehead atoms. The number of benzene rings is 2. The lowest BCUT2D eigenvalue weighted by Crippen LogP contribution is -2.13. The molecule has 0 spiro atoms. The molecule has 0 aliphatic heterocycles. The Labute approximate surface area is 140 Å². The number of amides is 1. The number of rotatable bonds is 4. The first kappa shape index (κ1) is 17.0. The van der Waals surface area contributed by atoms with Crippen LogP contribution in [-0.4, -0.2) is 11.9 Å². The van der Waals surface area contributed by atoms with Gasteiger partial charge in [0.25, 0.3) is 5.91 Å². The summed E-state index contributed by atoms with van der Waals surface area (Å²) < 4.78 is 4.99. The lowest BCUT2D eigenvalue weighted by molar-refractivity contribution is -0.131. The Balaban J connectivity index is 2.21. The molecule has 0 radical (unpaired) electrons. The highest BCUT2D eigenvalue weighted by atomic mass is 16.5. The van der Waals surface area contributed by atoms with Crippen LogP contribution in [0.1, 0.15) is 18.1 Å². The Kier molecular flexibility index (Phi) is 5.48. The molecule has 0 aromatic heterocycles. The van der Waals surface area contributed by atoms with Crippen molar-refractivity contribution in [1.82, 2.24) is 0 Å². The van der Waals surface area contributed by atoms with Gasteiger partial charge in [0.2, 0.25) is 0 Å². The lowest BCUT2D eigenvalue weighted by atomic mass is 10.1. The summed E-state index contributed by atoms with van der Waals surface area (Å²) in [4.78, 5) is 23.2. The van der Waals surface area contributed by atoms with Crippen molar-refractivity contribution in [3.8, 4) is 11.8 Å². The van der Waals surface area contributed by atoms with Crippen LogP contribution in [0.25, 0.3) is 6.08 Å². The van der Waals surface area contributed by atoms with Gasteiger partial charge in [0.05, 0.1) is 0 Å². The molecule has 0 fully saturated rings. The van der Waals surface area contributed by atoms with Crippen molar-refractivity contribution in [2.24, 2.45) is 0 Å². The Morgan fingerprint density at radius 1 is 1.17 bits per heavy atom. The first-order chi connectivity index (χ1) is 11.5. The van der Waals surface area contributed by atoms with E-state index in [0.29, 0.717) is 17.0 Å². The van der Waals surface area contributed by atoms with Crippen molar-refractivity contribution in [1.29, 1.82) is 5.26 Å². The number of nitriles is 1. The number of nitrogens with zero attached hydrogens (tertiary/aromatic N) is 1. The van der Waals surface area contributed by atoms with E-state index in [-0.39, 0.29) is 5.57 Å². The standard InChI is InChI=1S/C19H16N2O3/c1-13-5-3-7-17(9-13)21-19(23)16(12-20)10-15-6-4-8-18(11-15)24-14(2)22/h3-11H,1-2H3,(H,21,23)/b16-10+. The van der Waals surface area contributed by atoms with Gasteiger partial charge in [-0.2, -0.15) is 5.26 Å². The van der Waals surface area contributed by atoms with E-state index in [0.717, 1.165) is 5.56 Å². The fourth-order valence-corrected chi connectivity index (χ4v) is 2.07. The fraction of sp³-hybridized carbons (Fsp3) is 0.105. The zero-order valence-electron chi connectivity index (χ0n) is 13.4. The molecular formula is C19H16N2O3. The third-order valence-corrected chi connectivity index (χ3v) is 3.07. The van der Waals surface area contributed by atoms with Gasteiger partial charge in [-0.1, -0.05) is 24.3 Å². The SMILES string of the molecule is CC(=O)Oc1cccc(/C=C(\C#N)C(=O)Nc2cccc(C)c2)c1. The number of aryl methyl sites for hydroxylation is 1. The minimum Gasteiger partial charge on any atom is -0.427 e. The van der Waals surface area contributed by atoms with Gasteiger partial charge in [-0.15, -0.1) is 0 Å². The summed E-state index contributed by atoms with van der Waals surface area (Å²) >= 11 is 0. The molecule has 120 valence electrons. The third kappa shape index (κ3) is 4.82. The van der Waals surface area contributed by atoms with Crippen molar-refractivity contribution in [3.05, 3.63) is 65.2 Å². The zero-order chi connectivity index (χ0) is 17.5. The highest BCUT2D eigenvalue weighted by Gasteiger charge is 2.10. The fourth-order valence-electron chi connectivity index (χ4n) is 2.07. The van der Waals surface area contributed by atoms with E-state index in [1.807, 2.05) is 31.2 Å². The number of ether oxygens (including phenoxy) is 1. The number of esters is 1. The Hall–Kier alpha value is -3.39. The maximum Gasteiger partial charge on any atom is 0.308 e. The van der Waals surface area contributed by atoms with Crippen LogP contribution in [0.5, 0.6) is 5.75 Å². The summed E-state index contributed by atoms with van der Waals surface area (Å²) in [6, 6.07) is 15.8. The molecule has 0 saturated carbocycles. The van der Waals surface area contributed by atoms with Gasteiger partial charge in [0.1, 0.15) is 17.4 Å². The molecule has 2 rings (SSSR count). The van der Waals surface area contributed by atoms with Crippen molar-refractivity contribution >= 4 is 23.6 Å². The van der Waals surface area contributed by atoms with E-state index in [4.69, 9.17) is 4.74 Å². The molecular weight excluding hydrogens is 304 g/mol. The van der Waals surface area contributed by atoms with Crippen LogP contribution in [-0.2, 0) is 9.59 Å². The van der Waals surface area contributed by atoms with Gasteiger partial charge >= 0.3 is 5.97 Å². The number of hydrogen-bond acceptors (Lipinski definition) is 4. The van der Waals surface area contributed by atoms with E-state index in [1.165, 1.54) is 13.0 Å². The Morgan fingerprint density at radius 3 is 2.58 bits per heavy atom. The third-order valence-electron chi connectivity index (χ3n) is 3.07. The highest BCUT2D eigenvalue weighted by Crippen LogP contribution is 2.17. The second-order valence-electron chi connectivity index (χ2n) is 5.16. The zero-order valence-corrected chi connectivity index (χ0v) is 13.4. The average molecular weight is 320 g/mol. The molecule has 24 heavy (non-hydrogen) atoms. The van der Waals surface area contributed by atoms with Gasteiger partial charge in [-0.05, 0) is 48.4 Å². The van der Waals surface area contributed by atoms with E-state index >= 15 is 0 Å². The van der Waals surface area contributed by atoms with Crippen LogP contribution < -0.4 is 10.1 Å². The topological polar surface area (TPSA) is 79.2 Å². The summed E-state index contributed by atoms with van der Waals surface area (Å²) in [5, 5.41) is 11.9. The number of carbonyl (C=O) groups excluding carboxylic acids is 2. The largest absolute Gasteiger partial charge is 0.427 e. The molecule has 1 amide bonds. The van der Waals surface area contributed by atoms with E-state index in [2.05, 4.69) is 5.32 Å². The number of carbonyl (C=O) groups is 2. The van der Waals surface area contributed by atoms with Crippen LogP contribution in [0.4, 0.5) is 5.69 Å². The molecule has 0 saturated heterocycles. The molecule has 1 N–H and O–H groups in total. The predicted octanol–water partition coefficient (Wildman–Crippen LogP) is 3.47. The van der Waals surface area contributed by atoms with E-state index in [1.54, 1.807) is 30.3 Å². The molecule has 0 aliphatic carbocycles. The van der Waals surface area contributed by atoms with E-state index < -0.39 is 11.9 Å². The molecule has 0 unspecified atom stereocenters. The van der Waals surface area contributed by atoms with Crippen molar-refractivity contribution < 1.29 is 14.3 Å². The van der Waals surface area contributed by atoms with Crippen LogP contribution in [0, 0.1) is 18.3 Å². The monoisotopic (exact) mass is 320 g/mol. The molecule has 2 aromatic rings. The van der Waals surface area contributed by atoms with Gasteiger partial charge in [-0.3, -0.25) is 9.59 Å². The van der Waals surface area contributed by atoms with Gasteiger partial charge in [0.15, 0.2) is 0 Å². The van der Waals surface area contributed by atoms with Gasteiger partial charge in [-0.25, -0.2) is 0 Å². The van der Waals surface area contributed by atoms with Crippen LogP contribution in [0.2, 0.25) is 0 Å². The summed E-state index contributed by atoms with van der Waals surface area (Å²) in [6.07, 6.45) is 1.44. The maximum atomic E-state index is 12.2. The van der Waals surface area contributed by atoms with Crippen LogP contribution >= 0.6 is 0 Å². The lowest BCUT2D eigenvalue weighted by Gasteiger charge is -2.06. The number of hydrogen-bond donors (Lipinski definition) is 1. The average Bonchev–Trinajstić information content (AvgIpc) is 2.52. The predicted molar refractivity (Wildman–Crippen MR) is 91.1 cm³/mol. The van der Waals surface area contributed by atoms with Crippen molar-refractivity contribution in [2.75, 3.05) is 5.32 Å². The van der Waals surface area contributed by atoms with Crippen LogP contribution in [0.15, 0.2) is 54.1 Å². The summed E-state index contributed by atoms with van der Waals surface area (Å²) in [6.45, 7) is 3.22. The summed E-state index contributed by atoms with van der Waals surface area (Å²) in [5.41, 5.74) is 2.17. The van der Waals surface area contributed by atoms with Crippen LogP contribution in [0.3, 0.4) is 0 Å². The smallest absolute Gasteiger partial charge is 0.308 e. The van der Waals surface area contributed by atoms with Gasteiger partial charge < -0.3 is 10.1 Å². The second-order valence-corrected chi connectivity index (χ2v) is 5.16. The maximum absolute atomic E-state index is 12.2. The van der Waals surface area contributed by atoms with Gasteiger partial charge in [0, 0.05) is 12.6 Å². The van der Waals surface area contributed by atoms with E-state index in [9.17, 15) is 14.9 Å². The molecule has 0 atom stereocenters. The number of anilines is 1. The minimum absolute atomic E-state index is 0.0449. The quantitative estimate of drug-likeness (QED) is 0.405. The molecule has 0 aliphatic rings. The Morgan fingerprint density at radius 2 is 1.92 bits per heavy atom. The minimum atomic E-state index is -0.499. The van der Waals surface area contributed by atoms with Crippen molar-refractivity contribution in [3.63, 3.8) is 0 Å². The number of nitrogens with one attached hydrogen (secondary N) is 1. The molecule has 5 heteroatoms. The summed E-state index contributed by atoms with van der Waals surface area (Å²) in [7, 11) is 0.